The van der Waals surface area contributed by atoms with E-state index in [4.69, 9.17) is 0 Å². The summed E-state index contributed by atoms with van der Waals surface area (Å²) in [5.74, 6) is 1.25. The Morgan fingerprint density at radius 2 is 1.77 bits per heavy atom. The second kappa shape index (κ2) is 7.92. The van der Waals surface area contributed by atoms with E-state index in [-0.39, 0.29) is 10.3 Å². The molecule has 0 aliphatic carbocycles. The van der Waals surface area contributed by atoms with Gasteiger partial charge < -0.3 is 4.57 Å². The highest BCUT2D eigenvalue weighted by molar-refractivity contribution is 7.92. The Hall–Kier alpha value is -3.18. The van der Waals surface area contributed by atoms with Gasteiger partial charge in [0.25, 0.3) is 10.0 Å². The summed E-state index contributed by atoms with van der Waals surface area (Å²) in [4.78, 5) is 0.165. The first-order valence-electron chi connectivity index (χ1n) is 9.63. The van der Waals surface area contributed by atoms with E-state index < -0.39 is 10.0 Å². The monoisotopic (exact) mass is 423 g/mol. The third-order valence-electron chi connectivity index (χ3n) is 4.95. The first-order valence-corrected chi connectivity index (χ1v) is 11.1. The number of aryl methyl sites for hydroxylation is 1. The van der Waals surface area contributed by atoms with Crippen LogP contribution in [0.4, 0.5) is 5.69 Å². The van der Waals surface area contributed by atoms with Gasteiger partial charge in [0.2, 0.25) is 0 Å². The molecule has 0 aliphatic heterocycles. The number of nitrogens with one attached hydrogen (secondary N) is 1. The molecule has 3 rings (SSSR count). The molecule has 156 valence electrons. The Labute approximate surface area is 177 Å². The summed E-state index contributed by atoms with van der Waals surface area (Å²) >= 11 is 0. The van der Waals surface area contributed by atoms with Crippen LogP contribution in [0.2, 0.25) is 0 Å². The van der Waals surface area contributed by atoms with Gasteiger partial charge in [-0.1, -0.05) is 39.8 Å². The van der Waals surface area contributed by atoms with Crippen molar-refractivity contribution >= 4 is 15.7 Å². The van der Waals surface area contributed by atoms with Crippen LogP contribution in [0, 0.1) is 11.3 Å². The number of sulfonamides is 1. The minimum Gasteiger partial charge on any atom is -0.314 e. The number of rotatable bonds is 5. The molecule has 30 heavy (non-hydrogen) atoms. The maximum Gasteiger partial charge on any atom is 0.261 e. The van der Waals surface area contributed by atoms with Crippen molar-refractivity contribution in [3.05, 3.63) is 59.4 Å². The van der Waals surface area contributed by atoms with Crippen molar-refractivity contribution in [2.75, 3.05) is 4.72 Å². The lowest BCUT2D eigenvalue weighted by Gasteiger charge is -2.19. The van der Waals surface area contributed by atoms with Gasteiger partial charge >= 0.3 is 0 Å². The van der Waals surface area contributed by atoms with Crippen molar-refractivity contribution < 1.29 is 8.42 Å². The Kier molecular flexibility index (Phi) is 5.68. The van der Waals surface area contributed by atoms with Crippen molar-refractivity contribution in [1.29, 1.82) is 5.26 Å². The highest BCUT2D eigenvalue weighted by Gasteiger charge is 2.21. The summed E-state index contributed by atoms with van der Waals surface area (Å²) in [7, 11) is -2.01. The summed E-state index contributed by atoms with van der Waals surface area (Å²) in [6.45, 7) is 8.18. The van der Waals surface area contributed by atoms with E-state index in [0.29, 0.717) is 29.1 Å². The predicted molar refractivity (Wildman–Crippen MR) is 116 cm³/mol. The number of aromatic nitrogens is 3. The van der Waals surface area contributed by atoms with Crippen LogP contribution in [0.1, 0.15) is 44.6 Å². The Morgan fingerprint density at radius 1 is 1.10 bits per heavy atom. The molecule has 2 aromatic carbocycles. The summed E-state index contributed by atoms with van der Waals surface area (Å²) < 4.78 is 30.5. The molecule has 0 saturated carbocycles. The lowest BCUT2D eigenvalue weighted by molar-refractivity contribution is 0.587. The molecule has 0 spiro atoms. The van der Waals surface area contributed by atoms with Crippen LogP contribution in [-0.4, -0.2) is 23.2 Å². The smallest absolute Gasteiger partial charge is 0.261 e. The van der Waals surface area contributed by atoms with Crippen molar-refractivity contribution in [1.82, 2.24) is 14.8 Å². The third kappa shape index (κ3) is 4.21. The molecular weight excluding hydrogens is 398 g/mol. The van der Waals surface area contributed by atoms with Crippen molar-refractivity contribution in [2.45, 2.75) is 44.4 Å². The zero-order valence-corrected chi connectivity index (χ0v) is 18.6. The van der Waals surface area contributed by atoms with E-state index in [1.807, 2.05) is 26.1 Å². The fourth-order valence-corrected chi connectivity index (χ4v) is 4.21. The molecule has 7 nitrogen and oxygen atoms in total. The minimum absolute atomic E-state index is 0.0712. The number of nitrogens with zero attached hydrogens (tertiary/aromatic N) is 4. The normalized spacial score (nSPS) is 11.9. The SMILES string of the molecule is CCc1nnc(-c2cc(C#N)ccc2NS(=O)(=O)c2ccc(C(C)(C)C)cc2)n1C. The summed E-state index contributed by atoms with van der Waals surface area (Å²) in [5, 5.41) is 17.6. The van der Waals surface area contributed by atoms with Gasteiger partial charge in [0.1, 0.15) is 5.82 Å². The molecule has 0 amide bonds. The van der Waals surface area contributed by atoms with Gasteiger partial charge in [0, 0.05) is 19.0 Å². The van der Waals surface area contributed by atoms with Crippen LogP contribution < -0.4 is 4.72 Å². The molecule has 1 aromatic heterocycles. The maximum atomic E-state index is 13.0. The van der Waals surface area contributed by atoms with Crippen LogP contribution in [0.15, 0.2) is 47.4 Å². The lowest BCUT2D eigenvalue weighted by Crippen LogP contribution is -2.15. The molecule has 3 aromatic rings. The van der Waals surface area contributed by atoms with E-state index in [0.717, 1.165) is 11.4 Å². The van der Waals surface area contributed by atoms with Crippen molar-refractivity contribution in [3.63, 3.8) is 0 Å². The summed E-state index contributed by atoms with van der Waals surface area (Å²) in [6.07, 6.45) is 0.683. The second-order valence-electron chi connectivity index (χ2n) is 8.10. The predicted octanol–water partition coefficient (Wildman–Crippen LogP) is 4.01. The minimum atomic E-state index is -3.83. The van der Waals surface area contributed by atoms with E-state index in [2.05, 4.69) is 41.8 Å². The quantitative estimate of drug-likeness (QED) is 0.668. The molecule has 0 saturated heterocycles. The third-order valence-corrected chi connectivity index (χ3v) is 6.33. The van der Waals surface area contributed by atoms with Crippen LogP contribution in [0.25, 0.3) is 11.4 Å². The van der Waals surface area contributed by atoms with Gasteiger partial charge in [-0.05, 0) is 41.3 Å². The first kappa shape index (κ1) is 21.5. The number of nitriles is 1. The molecule has 0 radical (unpaired) electrons. The average molecular weight is 424 g/mol. The van der Waals surface area contributed by atoms with Gasteiger partial charge in [-0.15, -0.1) is 10.2 Å². The molecule has 1 heterocycles. The fraction of sp³-hybridized carbons (Fsp3) is 0.318. The summed E-state index contributed by atoms with van der Waals surface area (Å²) in [5.41, 5.74) is 2.22. The second-order valence-corrected chi connectivity index (χ2v) is 9.79. The standard InChI is InChI=1S/C22H25N5O2S/c1-6-20-24-25-21(27(20)5)18-13-15(14-23)7-12-19(18)26-30(28,29)17-10-8-16(9-11-17)22(2,3)4/h7-13,26H,6H2,1-5H3. The highest BCUT2D eigenvalue weighted by Crippen LogP contribution is 2.30. The molecule has 0 bridgehead atoms. The number of benzene rings is 2. The van der Waals surface area contributed by atoms with Crippen LogP contribution in [0.5, 0.6) is 0 Å². The molecule has 0 atom stereocenters. The van der Waals surface area contributed by atoms with Crippen molar-refractivity contribution in [2.24, 2.45) is 7.05 Å². The van der Waals surface area contributed by atoms with Gasteiger partial charge in [-0.25, -0.2) is 8.42 Å². The number of anilines is 1. The highest BCUT2D eigenvalue weighted by atomic mass is 32.2. The molecular formula is C22H25N5O2S. The van der Waals surface area contributed by atoms with Gasteiger partial charge in [-0.2, -0.15) is 5.26 Å². The largest absolute Gasteiger partial charge is 0.314 e. The maximum absolute atomic E-state index is 13.0. The van der Waals surface area contributed by atoms with E-state index >= 15 is 0 Å². The molecule has 0 aliphatic rings. The van der Waals surface area contributed by atoms with Crippen LogP contribution >= 0.6 is 0 Å². The number of hydrogen-bond acceptors (Lipinski definition) is 5. The molecule has 0 unspecified atom stereocenters. The van der Waals surface area contributed by atoms with Crippen molar-refractivity contribution in [3.8, 4) is 17.5 Å². The first-order chi connectivity index (χ1) is 14.1. The summed E-state index contributed by atoms with van der Waals surface area (Å²) in [6, 6.07) is 13.7. The zero-order chi connectivity index (χ0) is 22.1. The Morgan fingerprint density at radius 3 is 2.30 bits per heavy atom. The lowest BCUT2D eigenvalue weighted by atomic mass is 9.87. The number of hydrogen-bond donors (Lipinski definition) is 1. The molecule has 8 heteroatoms. The Balaban J connectivity index is 2.04. The molecule has 0 fully saturated rings. The zero-order valence-electron chi connectivity index (χ0n) is 17.8. The van der Waals surface area contributed by atoms with Gasteiger partial charge in [0.05, 0.1) is 22.2 Å². The van der Waals surface area contributed by atoms with E-state index in [1.54, 1.807) is 34.9 Å². The van der Waals surface area contributed by atoms with Gasteiger partial charge in [-0.3, -0.25) is 4.72 Å². The van der Waals surface area contributed by atoms with E-state index in [1.165, 1.54) is 0 Å². The average Bonchev–Trinajstić information content (AvgIpc) is 3.08. The van der Waals surface area contributed by atoms with E-state index in [9.17, 15) is 13.7 Å². The van der Waals surface area contributed by atoms with Crippen LogP contribution in [0.3, 0.4) is 0 Å². The topological polar surface area (TPSA) is 101 Å². The fourth-order valence-electron chi connectivity index (χ4n) is 3.13. The Bertz CT molecular complexity index is 1210. The van der Waals surface area contributed by atoms with Gasteiger partial charge in [0.15, 0.2) is 5.82 Å². The molecule has 1 N–H and O–H groups in total. The van der Waals surface area contributed by atoms with Crippen LogP contribution in [-0.2, 0) is 28.9 Å².